The van der Waals surface area contributed by atoms with Gasteiger partial charge in [0.15, 0.2) is 15.8 Å². The predicted octanol–water partition coefficient (Wildman–Crippen LogP) is 0.635. The van der Waals surface area contributed by atoms with Gasteiger partial charge in [0, 0.05) is 31.8 Å². The summed E-state index contributed by atoms with van der Waals surface area (Å²) in [6.45, 7) is 3.03. The van der Waals surface area contributed by atoms with E-state index in [1.165, 1.54) is 27.1 Å². The van der Waals surface area contributed by atoms with Gasteiger partial charge in [-0.25, -0.2) is 13.4 Å². The number of nitrogen functional groups attached to an aromatic ring is 1. The average Bonchev–Trinajstić information content (AvgIpc) is 2.88. The van der Waals surface area contributed by atoms with Crippen LogP contribution in [0.15, 0.2) is 16.6 Å². The Kier molecular flexibility index (Phi) is 4.09. The number of anilines is 1. The van der Waals surface area contributed by atoms with Crippen molar-refractivity contribution in [3.63, 3.8) is 0 Å². The molecule has 2 N–H and O–H groups in total. The Morgan fingerprint density at radius 3 is 3.00 bits per heavy atom. The van der Waals surface area contributed by atoms with Gasteiger partial charge in [-0.15, -0.1) is 11.3 Å². The van der Waals surface area contributed by atoms with Crippen LogP contribution in [0, 0.1) is 0 Å². The molecule has 0 spiro atoms. The molecular weight excluding hydrogens is 288 g/mol. The molecule has 0 radical (unpaired) electrons. The van der Waals surface area contributed by atoms with Crippen LogP contribution < -0.4 is 5.73 Å². The lowest BCUT2D eigenvalue weighted by molar-refractivity contribution is 0.138. The molecule has 0 fully saturated rings. The standard InChI is InChI=1S/C10H16N4O3S2/c1-3-17-6-4-13(2)19(15,16)9-8(11)12-10-14(9)5-7-18-10/h5,7H,3-4,6,11H2,1-2H3. The molecule has 0 saturated carbocycles. The lowest BCUT2D eigenvalue weighted by Crippen LogP contribution is -2.31. The van der Waals surface area contributed by atoms with Crippen molar-refractivity contribution < 1.29 is 13.2 Å². The first kappa shape index (κ1) is 14.3. The second kappa shape index (κ2) is 5.45. The van der Waals surface area contributed by atoms with Crippen molar-refractivity contribution in [1.82, 2.24) is 13.7 Å². The van der Waals surface area contributed by atoms with Crippen molar-refractivity contribution in [1.29, 1.82) is 0 Å². The van der Waals surface area contributed by atoms with Gasteiger partial charge in [-0.1, -0.05) is 0 Å². The highest BCUT2D eigenvalue weighted by Crippen LogP contribution is 2.25. The zero-order chi connectivity index (χ0) is 14.0. The highest BCUT2D eigenvalue weighted by molar-refractivity contribution is 7.89. The first-order valence-electron chi connectivity index (χ1n) is 5.73. The van der Waals surface area contributed by atoms with Crippen molar-refractivity contribution in [3.8, 4) is 0 Å². The van der Waals surface area contributed by atoms with Gasteiger partial charge < -0.3 is 10.5 Å². The number of fused-ring (bicyclic) bond motifs is 1. The fourth-order valence-corrected chi connectivity index (χ4v) is 3.74. The Bertz CT molecular complexity index is 661. The number of aromatic nitrogens is 2. The smallest absolute Gasteiger partial charge is 0.262 e. The summed E-state index contributed by atoms with van der Waals surface area (Å²) in [4.78, 5) is 4.60. The molecule has 2 aromatic heterocycles. The molecule has 19 heavy (non-hydrogen) atoms. The summed E-state index contributed by atoms with van der Waals surface area (Å²) in [7, 11) is -2.17. The molecule has 0 unspecified atom stereocenters. The van der Waals surface area contributed by atoms with E-state index in [1.807, 2.05) is 6.92 Å². The van der Waals surface area contributed by atoms with E-state index in [2.05, 4.69) is 4.98 Å². The molecule has 2 aromatic rings. The number of nitrogens with two attached hydrogens (primary N) is 1. The molecule has 0 aliphatic heterocycles. The van der Waals surface area contributed by atoms with Gasteiger partial charge in [0.05, 0.1) is 6.61 Å². The van der Waals surface area contributed by atoms with E-state index < -0.39 is 10.0 Å². The first-order chi connectivity index (χ1) is 8.98. The highest BCUT2D eigenvalue weighted by atomic mass is 32.2. The largest absolute Gasteiger partial charge is 0.381 e. The number of hydrogen-bond donors (Lipinski definition) is 1. The molecular formula is C10H16N4O3S2. The van der Waals surface area contributed by atoms with E-state index in [0.717, 1.165) is 0 Å². The maximum atomic E-state index is 12.5. The summed E-state index contributed by atoms with van der Waals surface area (Å²) in [5.41, 5.74) is 5.71. The van der Waals surface area contributed by atoms with E-state index in [0.29, 0.717) is 18.2 Å². The summed E-state index contributed by atoms with van der Waals surface area (Å²) < 4.78 is 32.8. The maximum Gasteiger partial charge on any atom is 0.262 e. The van der Waals surface area contributed by atoms with Gasteiger partial charge in [-0.2, -0.15) is 4.31 Å². The van der Waals surface area contributed by atoms with Crippen molar-refractivity contribution in [2.45, 2.75) is 11.9 Å². The second-order valence-electron chi connectivity index (χ2n) is 3.88. The molecule has 0 aliphatic carbocycles. The number of imidazole rings is 1. The van der Waals surface area contributed by atoms with Crippen LogP contribution in [-0.2, 0) is 14.8 Å². The van der Waals surface area contributed by atoms with E-state index in [4.69, 9.17) is 10.5 Å². The zero-order valence-corrected chi connectivity index (χ0v) is 12.4. The van der Waals surface area contributed by atoms with Crippen LogP contribution in [0.5, 0.6) is 0 Å². The van der Waals surface area contributed by atoms with Gasteiger partial charge in [-0.3, -0.25) is 4.40 Å². The fraction of sp³-hybridized carbons (Fsp3) is 0.500. The van der Waals surface area contributed by atoms with Crippen LogP contribution in [0.2, 0.25) is 0 Å². The normalized spacial score (nSPS) is 12.6. The van der Waals surface area contributed by atoms with Crippen LogP contribution >= 0.6 is 11.3 Å². The minimum Gasteiger partial charge on any atom is -0.381 e. The molecule has 0 bridgehead atoms. The Morgan fingerprint density at radius 1 is 1.58 bits per heavy atom. The number of likely N-dealkylation sites (N-methyl/N-ethyl adjacent to an activating group) is 1. The van der Waals surface area contributed by atoms with Gasteiger partial charge in [0.25, 0.3) is 10.0 Å². The molecule has 0 atom stereocenters. The third kappa shape index (κ3) is 2.59. The molecule has 2 rings (SSSR count). The average molecular weight is 304 g/mol. The Morgan fingerprint density at radius 2 is 2.32 bits per heavy atom. The van der Waals surface area contributed by atoms with E-state index in [9.17, 15) is 8.42 Å². The predicted molar refractivity (Wildman–Crippen MR) is 73.8 cm³/mol. The Hall–Kier alpha value is -1.16. The number of ether oxygens (including phenoxy) is 1. The lowest BCUT2D eigenvalue weighted by atomic mass is 10.7. The van der Waals surface area contributed by atoms with Gasteiger partial charge in [0.1, 0.15) is 0 Å². The van der Waals surface area contributed by atoms with Crippen molar-refractivity contribution >= 4 is 32.1 Å². The second-order valence-corrected chi connectivity index (χ2v) is 6.71. The fourth-order valence-electron chi connectivity index (χ4n) is 1.64. The van der Waals surface area contributed by atoms with Crippen molar-refractivity contribution in [3.05, 3.63) is 11.6 Å². The van der Waals surface area contributed by atoms with E-state index >= 15 is 0 Å². The molecule has 7 nitrogen and oxygen atoms in total. The molecule has 0 aromatic carbocycles. The van der Waals surface area contributed by atoms with Crippen molar-refractivity contribution in [2.24, 2.45) is 0 Å². The Labute approximate surface area is 115 Å². The van der Waals surface area contributed by atoms with Crippen molar-refractivity contribution in [2.75, 3.05) is 32.5 Å². The topological polar surface area (TPSA) is 89.9 Å². The minimum atomic E-state index is -3.67. The van der Waals surface area contributed by atoms with Crippen LogP contribution in [0.1, 0.15) is 6.92 Å². The summed E-state index contributed by atoms with van der Waals surface area (Å²) in [5.74, 6) is 0.0232. The van der Waals surface area contributed by atoms with Crippen LogP contribution in [0.3, 0.4) is 0 Å². The molecule has 0 saturated heterocycles. The number of nitrogens with zero attached hydrogens (tertiary/aromatic N) is 3. The molecule has 2 heterocycles. The molecule has 0 aliphatic rings. The quantitative estimate of drug-likeness (QED) is 0.791. The van der Waals surface area contributed by atoms with Gasteiger partial charge >= 0.3 is 0 Å². The zero-order valence-electron chi connectivity index (χ0n) is 10.7. The summed E-state index contributed by atoms with van der Waals surface area (Å²) in [6.07, 6.45) is 1.65. The number of rotatable bonds is 6. The SMILES string of the molecule is CCOCCN(C)S(=O)(=O)c1c(N)nc2sccn12. The summed E-state index contributed by atoms with van der Waals surface area (Å²) >= 11 is 1.34. The minimum absolute atomic E-state index is 0.0164. The number of thiazole rings is 1. The van der Waals surface area contributed by atoms with E-state index in [-0.39, 0.29) is 17.4 Å². The number of sulfonamides is 1. The summed E-state index contributed by atoms with van der Waals surface area (Å²) in [5, 5.41) is 1.78. The van der Waals surface area contributed by atoms with E-state index in [1.54, 1.807) is 11.6 Å². The monoisotopic (exact) mass is 304 g/mol. The lowest BCUT2D eigenvalue weighted by Gasteiger charge is -2.16. The Balaban J connectivity index is 2.33. The van der Waals surface area contributed by atoms with Crippen LogP contribution in [0.25, 0.3) is 4.96 Å². The molecule has 9 heteroatoms. The van der Waals surface area contributed by atoms with Gasteiger partial charge in [-0.05, 0) is 6.92 Å². The third-order valence-electron chi connectivity index (χ3n) is 2.65. The van der Waals surface area contributed by atoms with Crippen LogP contribution in [0.4, 0.5) is 5.82 Å². The van der Waals surface area contributed by atoms with Gasteiger partial charge in [0.2, 0.25) is 0 Å². The molecule has 106 valence electrons. The molecule has 0 amide bonds. The highest BCUT2D eigenvalue weighted by Gasteiger charge is 2.28. The first-order valence-corrected chi connectivity index (χ1v) is 8.05. The van der Waals surface area contributed by atoms with Crippen LogP contribution in [-0.4, -0.2) is 48.9 Å². The number of hydrogen-bond acceptors (Lipinski definition) is 6. The third-order valence-corrected chi connectivity index (χ3v) is 5.31. The maximum absolute atomic E-state index is 12.5. The summed E-state index contributed by atoms with van der Waals surface area (Å²) in [6, 6.07) is 0.